The van der Waals surface area contributed by atoms with Gasteiger partial charge in [0.05, 0.1) is 22.5 Å². The molecule has 0 spiro atoms. The molecule has 1 N–H and O–H groups in total. The molecule has 0 radical (unpaired) electrons. The fourth-order valence-electron chi connectivity index (χ4n) is 4.53. The number of para-hydroxylation sites is 1. The third-order valence-electron chi connectivity index (χ3n) is 6.12. The Bertz CT molecular complexity index is 599. The lowest BCUT2D eigenvalue weighted by Gasteiger charge is -2.40. The second kappa shape index (κ2) is 10.9. The number of benzene rings is 1. The average Bonchev–Trinajstić information content (AvgIpc) is 2.69. The van der Waals surface area contributed by atoms with Crippen LogP contribution in [-0.2, 0) is 0 Å². The molecule has 1 saturated heterocycles. The molecule has 150 valence electrons. The van der Waals surface area contributed by atoms with Crippen molar-refractivity contribution in [3.8, 4) is 0 Å². The van der Waals surface area contributed by atoms with E-state index in [-0.39, 0.29) is 0 Å². The van der Waals surface area contributed by atoms with Crippen molar-refractivity contribution < 1.29 is 5.21 Å². The zero-order valence-electron chi connectivity index (χ0n) is 16.5. The van der Waals surface area contributed by atoms with Crippen LogP contribution in [-0.4, -0.2) is 48.0 Å². The van der Waals surface area contributed by atoms with Gasteiger partial charge in [0.25, 0.3) is 0 Å². The highest BCUT2D eigenvalue weighted by Crippen LogP contribution is 2.27. The zero-order chi connectivity index (χ0) is 18.9. The number of rotatable bonds is 2. The van der Waals surface area contributed by atoms with E-state index in [1.807, 2.05) is 12.1 Å². The second-order valence-electron chi connectivity index (χ2n) is 7.95. The number of halogens is 1. The summed E-state index contributed by atoms with van der Waals surface area (Å²) < 4.78 is 0. The Hall–Kier alpha value is -1.26. The van der Waals surface area contributed by atoms with E-state index in [1.165, 1.54) is 44.9 Å². The Morgan fingerprint density at radius 1 is 0.852 bits per heavy atom. The molecule has 3 rings (SSSR count). The maximum Gasteiger partial charge on any atom is 0.0742 e. The van der Waals surface area contributed by atoms with Gasteiger partial charge in [0.2, 0.25) is 0 Å². The van der Waals surface area contributed by atoms with Crippen LogP contribution in [0, 0.1) is 0 Å². The van der Waals surface area contributed by atoms with Crippen molar-refractivity contribution in [2.24, 2.45) is 5.16 Å². The van der Waals surface area contributed by atoms with Gasteiger partial charge >= 0.3 is 0 Å². The molecule has 27 heavy (non-hydrogen) atoms. The molecule has 2 aliphatic rings. The number of nitrogens with zero attached hydrogens (tertiary/aromatic N) is 3. The Morgan fingerprint density at radius 2 is 1.48 bits per heavy atom. The third-order valence-corrected chi connectivity index (χ3v) is 6.44. The maximum atomic E-state index is 9.70. The van der Waals surface area contributed by atoms with Crippen molar-refractivity contribution in [3.05, 3.63) is 29.3 Å². The summed E-state index contributed by atoms with van der Waals surface area (Å²) in [7, 11) is 0. The number of piperazine rings is 1. The highest BCUT2D eigenvalue weighted by molar-refractivity contribution is 6.33. The molecular formula is C22H34ClN3O. The Kier molecular flexibility index (Phi) is 8.28. The predicted molar refractivity (Wildman–Crippen MR) is 114 cm³/mol. The van der Waals surface area contributed by atoms with Crippen LogP contribution >= 0.6 is 11.6 Å². The fourth-order valence-corrected chi connectivity index (χ4v) is 4.79. The highest BCUT2D eigenvalue weighted by atomic mass is 35.5. The largest absolute Gasteiger partial charge is 0.411 e. The van der Waals surface area contributed by atoms with Gasteiger partial charge in [0.15, 0.2) is 0 Å². The standard InChI is InChI=1S/C22H34ClN3O/c23-19-11-9-10-13-21(19)25-15-17-26(18-16-25)22-14-8-6-4-2-1-3-5-7-12-20(22)24-27/h9-11,13,22,27H,1-8,12,14-18H2/b24-20+/t22-/m0/s1. The maximum absolute atomic E-state index is 9.70. The van der Waals surface area contributed by atoms with Gasteiger partial charge in [-0.15, -0.1) is 0 Å². The van der Waals surface area contributed by atoms with Crippen LogP contribution in [0.1, 0.15) is 64.2 Å². The van der Waals surface area contributed by atoms with Crippen molar-refractivity contribution >= 4 is 23.0 Å². The lowest BCUT2D eigenvalue weighted by Crippen LogP contribution is -2.52. The van der Waals surface area contributed by atoms with Gasteiger partial charge in [-0.2, -0.15) is 0 Å². The van der Waals surface area contributed by atoms with Crippen molar-refractivity contribution in [1.82, 2.24) is 4.90 Å². The smallest absolute Gasteiger partial charge is 0.0742 e. The van der Waals surface area contributed by atoms with E-state index in [9.17, 15) is 5.21 Å². The molecule has 1 aromatic carbocycles. The normalized spacial score (nSPS) is 25.7. The van der Waals surface area contributed by atoms with E-state index in [0.717, 1.165) is 61.9 Å². The number of hydrogen-bond donors (Lipinski definition) is 1. The third kappa shape index (κ3) is 5.86. The van der Waals surface area contributed by atoms with Crippen LogP contribution in [0.2, 0.25) is 5.02 Å². The van der Waals surface area contributed by atoms with E-state index in [1.54, 1.807) is 0 Å². The molecule has 1 saturated carbocycles. The van der Waals surface area contributed by atoms with Crippen LogP contribution in [0.15, 0.2) is 29.4 Å². The monoisotopic (exact) mass is 391 g/mol. The van der Waals surface area contributed by atoms with Crippen LogP contribution in [0.5, 0.6) is 0 Å². The van der Waals surface area contributed by atoms with Crippen molar-refractivity contribution in [1.29, 1.82) is 0 Å². The highest BCUT2D eigenvalue weighted by Gasteiger charge is 2.28. The van der Waals surface area contributed by atoms with Crippen molar-refractivity contribution in [2.75, 3.05) is 31.1 Å². The van der Waals surface area contributed by atoms with Crippen LogP contribution in [0.3, 0.4) is 0 Å². The molecular weight excluding hydrogens is 358 g/mol. The molecule has 4 nitrogen and oxygen atoms in total. The average molecular weight is 392 g/mol. The van der Waals surface area contributed by atoms with Gasteiger partial charge < -0.3 is 10.1 Å². The Labute approximate surface area is 169 Å². The minimum absolute atomic E-state index is 0.294. The summed E-state index contributed by atoms with van der Waals surface area (Å²) in [5.41, 5.74) is 2.13. The van der Waals surface area contributed by atoms with Crippen molar-refractivity contribution in [3.63, 3.8) is 0 Å². The van der Waals surface area contributed by atoms with E-state index < -0.39 is 0 Å². The van der Waals surface area contributed by atoms with Crippen LogP contribution in [0.4, 0.5) is 5.69 Å². The molecule has 1 atom stereocenters. The fraction of sp³-hybridized carbons (Fsp3) is 0.682. The van der Waals surface area contributed by atoms with E-state index >= 15 is 0 Å². The molecule has 1 aliphatic carbocycles. The molecule has 1 aromatic rings. The molecule has 0 aromatic heterocycles. The Morgan fingerprint density at radius 3 is 2.15 bits per heavy atom. The van der Waals surface area contributed by atoms with E-state index in [2.05, 4.69) is 27.1 Å². The lowest BCUT2D eigenvalue weighted by molar-refractivity contribution is 0.208. The first kappa shape index (κ1) is 20.5. The molecule has 1 aliphatic heterocycles. The minimum Gasteiger partial charge on any atom is -0.411 e. The molecule has 0 bridgehead atoms. The summed E-state index contributed by atoms with van der Waals surface area (Å²) in [5, 5.41) is 14.3. The van der Waals surface area contributed by atoms with Crippen LogP contribution < -0.4 is 4.90 Å². The zero-order valence-corrected chi connectivity index (χ0v) is 17.2. The summed E-state index contributed by atoms with van der Waals surface area (Å²) in [6, 6.07) is 8.40. The topological polar surface area (TPSA) is 39.1 Å². The SMILES string of the molecule is O/N=C1\CCCCCCCCCC[C@@H]1N1CCN(c2ccccc2Cl)CC1. The molecule has 0 amide bonds. The van der Waals surface area contributed by atoms with Gasteiger partial charge in [-0.3, -0.25) is 4.90 Å². The first-order valence-corrected chi connectivity index (χ1v) is 11.1. The minimum atomic E-state index is 0.294. The van der Waals surface area contributed by atoms with Gasteiger partial charge in [0.1, 0.15) is 0 Å². The molecule has 0 unspecified atom stereocenters. The van der Waals surface area contributed by atoms with Gasteiger partial charge in [-0.1, -0.05) is 73.8 Å². The summed E-state index contributed by atoms with van der Waals surface area (Å²) in [4.78, 5) is 4.91. The van der Waals surface area contributed by atoms with Gasteiger partial charge in [-0.25, -0.2) is 0 Å². The molecule has 1 heterocycles. The summed E-state index contributed by atoms with van der Waals surface area (Å²) in [5.74, 6) is 0. The van der Waals surface area contributed by atoms with Gasteiger partial charge in [0, 0.05) is 26.2 Å². The summed E-state index contributed by atoms with van der Waals surface area (Å²) in [6.45, 7) is 3.93. The lowest BCUT2D eigenvalue weighted by atomic mass is 9.95. The number of anilines is 1. The van der Waals surface area contributed by atoms with Gasteiger partial charge in [-0.05, 0) is 31.4 Å². The van der Waals surface area contributed by atoms with Crippen LogP contribution in [0.25, 0.3) is 0 Å². The van der Waals surface area contributed by atoms with E-state index in [0.29, 0.717) is 6.04 Å². The quantitative estimate of drug-likeness (QED) is 0.528. The Balaban J connectivity index is 1.62. The second-order valence-corrected chi connectivity index (χ2v) is 8.36. The predicted octanol–water partition coefficient (Wildman–Crippen LogP) is 5.58. The first-order valence-electron chi connectivity index (χ1n) is 10.7. The first-order chi connectivity index (χ1) is 13.3. The molecule has 5 heteroatoms. The van der Waals surface area contributed by atoms with E-state index in [4.69, 9.17) is 11.6 Å². The molecule has 2 fully saturated rings. The summed E-state index contributed by atoms with van der Waals surface area (Å²) >= 11 is 6.38. The summed E-state index contributed by atoms with van der Waals surface area (Å²) in [6.07, 6.45) is 12.4. The van der Waals surface area contributed by atoms with Crippen molar-refractivity contribution in [2.45, 2.75) is 70.3 Å². The number of oxime groups is 1. The number of hydrogen-bond acceptors (Lipinski definition) is 4.